The van der Waals surface area contributed by atoms with Gasteiger partial charge < -0.3 is 14.5 Å². The molecule has 5 heteroatoms. The molecular weight excluding hydrogens is 225 g/mol. The van der Waals surface area contributed by atoms with Crippen molar-refractivity contribution in [1.82, 2.24) is 4.98 Å². The van der Waals surface area contributed by atoms with Crippen LogP contribution in [0.4, 0.5) is 4.39 Å². The van der Waals surface area contributed by atoms with Crippen LogP contribution < -0.4 is 10.2 Å². The van der Waals surface area contributed by atoms with Gasteiger partial charge in [0.1, 0.15) is 0 Å². The number of rotatable bonds is 3. The van der Waals surface area contributed by atoms with E-state index in [2.05, 4.69) is 4.98 Å². The minimum absolute atomic E-state index is 0.0579. The average molecular weight is 237 g/mol. The van der Waals surface area contributed by atoms with Crippen molar-refractivity contribution in [3.8, 4) is 5.75 Å². The van der Waals surface area contributed by atoms with Gasteiger partial charge in [0.05, 0.1) is 19.2 Å². The van der Waals surface area contributed by atoms with Crippen LogP contribution in [0.3, 0.4) is 0 Å². The highest BCUT2D eigenvalue weighted by Crippen LogP contribution is 2.21. The van der Waals surface area contributed by atoms with E-state index in [1.807, 2.05) is 0 Å². The molecule has 0 bridgehead atoms. The Bertz CT molecular complexity index is 606. The van der Waals surface area contributed by atoms with Crippen LogP contribution in [0.5, 0.6) is 5.75 Å². The summed E-state index contributed by atoms with van der Waals surface area (Å²) in [5, 5.41) is 0.392. The van der Waals surface area contributed by atoms with E-state index in [0.717, 1.165) is 0 Å². The Labute approximate surface area is 97.0 Å². The zero-order valence-corrected chi connectivity index (χ0v) is 9.54. The third-order valence-corrected chi connectivity index (χ3v) is 2.46. The lowest BCUT2D eigenvalue weighted by molar-refractivity contribution is 0.181. The predicted octanol–water partition coefficient (Wildman–Crippen LogP) is 1.82. The van der Waals surface area contributed by atoms with Crippen molar-refractivity contribution in [2.24, 2.45) is 0 Å². The van der Waals surface area contributed by atoms with Crippen LogP contribution in [-0.4, -0.2) is 19.2 Å². The molecule has 0 radical (unpaired) electrons. The summed E-state index contributed by atoms with van der Waals surface area (Å²) in [6.45, 7) is 0.277. The highest BCUT2D eigenvalue weighted by molar-refractivity contribution is 5.80. The van der Waals surface area contributed by atoms with Crippen LogP contribution in [0.25, 0.3) is 10.9 Å². The van der Waals surface area contributed by atoms with Gasteiger partial charge in [-0.1, -0.05) is 0 Å². The maximum absolute atomic E-state index is 13.5. The van der Waals surface area contributed by atoms with Crippen molar-refractivity contribution in [2.45, 2.75) is 6.61 Å². The summed E-state index contributed by atoms with van der Waals surface area (Å²) >= 11 is 0. The number of hydrogen-bond donors (Lipinski definition) is 1. The topological polar surface area (TPSA) is 51.3 Å². The number of fused-ring (bicyclic) bond motifs is 1. The standard InChI is InChI=1S/C12H12FNO3/c1-16-6-7-3-11(15)8-4-12(17-2)9(13)5-10(8)14-7/h3-5H,6H2,1-2H3,(H,14,15). The summed E-state index contributed by atoms with van der Waals surface area (Å²) in [5.41, 5.74) is 0.849. The fourth-order valence-corrected chi connectivity index (χ4v) is 1.70. The summed E-state index contributed by atoms with van der Waals surface area (Å²) in [6.07, 6.45) is 0. The van der Waals surface area contributed by atoms with Gasteiger partial charge in [-0.15, -0.1) is 0 Å². The number of aromatic amines is 1. The van der Waals surface area contributed by atoms with E-state index in [0.29, 0.717) is 16.6 Å². The molecular formula is C12H12FNO3. The number of nitrogens with one attached hydrogen (secondary N) is 1. The number of H-pyrrole nitrogens is 1. The van der Waals surface area contributed by atoms with Crippen molar-refractivity contribution < 1.29 is 13.9 Å². The lowest BCUT2D eigenvalue weighted by Crippen LogP contribution is -2.06. The van der Waals surface area contributed by atoms with E-state index in [4.69, 9.17) is 9.47 Å². The molecule has 0 fully saturated rings. The van der Waals surface area contributed by atoms with Crippen LogP contribution >= 0.6 is 0 Å². The molecule has 90 valence electrons. The van der Waals surface area contributed by atoms with Crippen molar-refractivity contribution >= 4 is 10.9 Å². The first-order valence-corrected chi connectivity index (χ1v) is 5.04. The van der Waals surface area contributed by atoms with Gasteiger partial charge in [-0.25, -0.2) is 4.39 Å². The molecule has 0 aliphatic carbocycles. The van der Waals surface area contributed by atoms with E-state index >= 15 is 0 Å². The largest absolute Gasteiger partial charge is 0.494 e. The molecule has 0 spiro atoms. The van der Waals surface area contributed by atoms with Gasteiger partial charge in [-0.3, -0.25) is 4.79 Å². The van der Waals surface area contributed by atoms with E-state index in [-0.39, 0.29) is 17.8 Å². The van der Waals surface area contributed by atoms with E-state index in [9.17, 15) is 9.18 Å². The van der Waals surface area contributed by atoms with Gasteiger partial charge in [0.15, 0.2) is 17.0 Å². The first-order valence-electron chi connectivity index (χ1n) is 5.04. The summed E-state index contributed by atoms with van der Waals surface area (Å²) in [5.74, 6) is -0.451. The van der Waals surface area contributed by atoms with E-state index < -0.39 is 5.82 Å². The molecule has 0 saturated heterocycles. The Hall–Kier alpha value is -1.88. The van der Waals surface area contributed by atoms with Crippen molar-refractivity contribution in [1.29, 1.82) is 0 Å². The van der Waals surface area contributed by atoms with Gasteiger partial charge in [0, 0.05) is 30.3 Å². The number of ether oxygens (including phenoxy) is 2. The van der Waals surface area contributed by atoms with Crippen LogP contribution in [0.15, 0.2) is 23.0 Å². The van der Waals surface area contributed by atoms with Crippen LogP contribution in [0, 0.1) is 5.82 Å². The Balaban J connectivity index is 2.69. The number of benzene rings is 1. The molecule has 0 atom stereocenters. The molecule has 4 nitrogen and oxygen atoms in total. The monoisotopic (exact) mass is 237 g/mol. The smallest absolute Gasteiger partial charge is 0.189 e. The average Bonchev–Trinajstić information content (AvgIpc) is 2.28. The van der Waals surface area contributed by atoms with Crippen LogP contribution in [-0.2, 0) is 11.3 Å². The second-order valence-corrected chi connectivity index (χ2v) is 3.62. The fourth-order valence-electron chi connectivity index (χ4n) is 1.70. The molecule has 1 heterocycles. The molecule has 1 aromatic carbocycles. The molecule has 1 N–H and O–H groups in total. The lowest BCUT2D eigenvalue weighted by Gasteiger charge is -2.06. The number of aromatic nitrogens is 1. The molecule has 1 aromatic heterocycles. The number of halogens is 1. The third-order valence-electron chi connectivity index (χ3n) is 2.46. The van der Waals surface area contributed by atoms with E-state index in [1.54, 1.807) is 0 Å². The Kier molecular flexibility index (Phi) is 3.10. The maximum atomic E-state index is 13.5. The lowest BCUT2D eigenvalue weighted by atomic mass is 10.2. The minimum atomic E-state index is -0.509. The molecule has 0 aliphatic rings. The summed E-state index contributed by atoms with van der Waals surface area (Å²) in [4.78, 5) is 14.7. The fraction of sp³-hybridized carbons (Fsp3) is 0.250. The Morgan fingerprint density at radius 3 is 2.71 bits per heavy atom. The SMILES string of the molecule is COCc1cc(=O)c2cc(OC)c(F)cc2[nH]1. The molecule has 0 amide bonds. The van der Waals surface area contributed by atoms with Crippen LogP contribution in [0.2, 0.25) is 0 Å². The number of methoxy groups -OCH3 is 2. The zero-order chi connectivity index (χ0) is 12.4. The van der Waals surface area contributed by atoms with Gasteiger partial charge in [0.25, 0.3) is 0 Å². The Morgan fingerprint density at radius 2 is 2.06 bits per heavy atom. The molecule has 0 unspecified atom stereocenters. The second kappa shape index (κ2) is 4.55. The molecule has 2 aromatic rings. The quantitative estimate of drug-likeness (QED) is 0.885. The number of hydrogen-bond acceptors (Lipinski definition) is 3. The molecule has 17 heavy (non-hydrogen) atoms. The zero-order valence-electron chi connectivity index (χ0n) is 9.54. The summed E-state index contributed by atoms with van der Waals surface area (Å²) in [6, 6.07) is 4.07. The Morgan fingerprint density at radius 1 is 1.29 bits per heavy atom. The third kappa shape index (κ3) is 2.14. The van der Waals surface area contributed by atoms with Crippen molar-refractivity contribution in [3.63, 3.8) is 0 Å². The second-order valence-electron chi connectivity index (χ2n) is 3.62. The summed E-state index contributed by atoms with van der Waals surface area (Å²) < 4.78 is 23.2. The highest BCUT2D eigenvalue weighted by Gasteiger charge is 2.08. The van der Waals surface area contributed by atoms with Crippen LogP contribution in [0.1, 0.15) is 5.69 Å². The first-order chi connectivity index (χ1) is 8.15. The normalized spacial score (nSPS) is 10.8. The first kappa shape index (κ1) is 11.6. The van der Waals surface area contributed by atoms with Crippen molar-refractivity contribution in [3.05, 3.63) is 39.9 Å². The number of pyridine rings is 1. The molecule has 2 rings (SSSR count). The minimum Gasteiger partial charge on any atom is -0.494 e. The summed E-state index contributed by atoms with van der Waals surface area (Å²) in [7, 11) is 2.88. The van der Waals surface area contributed by atoms with Gasteiger partial charge >= 0.3 is 0 Å². The van der Waals surface area contributed by atoms with Gasteiger partial charge in [-0.2, -0.15) is 0 Å². The molecule has 0 aliphatic heterocycles. The highest BCUT2D eigenvalue weighted by atomic mass is 19.1. The maximum Gasteiger partial charge on any atom is 0.189 e. The molecule has 0 saturated carbocycles. The van der Waals surface area contributed by atoms with E-state index in [1.165, 1.54) is 32.4 Å². The van der Waals surface area contributed by atoms with Gasteiger partial charge in [-0.05, 0) is 6.07 Å². The van der Waals surface area contributed by atoms with Crippen molar-refractivity contribution in [2.75, 3.05) is 14.2 Å². The van der Waals surface area contributed by atoms with Gasteiger partial charge in [0.2, 0.25) is 0 Å². The predicted molar refractivity (Wildman–Crippen MR) is 61.8 cm³/mol.